The van der Waals surface area contributed by atoms with Gasteiger partial charge >= 0.3 is 0 Å². The van der Waals surface area contributed by atoms with E-state index in [0.717, 1.165) is 49.5 Å². The molecule has 4 aromatic carbocycles. The van der Waals surface area contributed by atoms with E-state index in [2.05, 4.69) is 37.4 Å². The van der Waals surface area contributed by atoms with Crippen molar-refractivity contribution in [2.45, 2.75) is 0 Å². The normalized spacial score (nSPS) is 11.4. The van der Waals surface area contributed by atoms with E-state index in [1.165, 1.54) is 0 Å². The van der Waals surface area contributed by atoms with Crippen LogP contribution >= 0.6 is 0 Å². The van der Waals surface area contributed by atoms with E-state index in [4.69, 9.17) is 4.98 Å². The van der Waals surface area contributed by atoms with Crippen LogP contribution in [0.2, 0.25) is 0 Å². The molecule has 0 aliphatic carbocycles. The second-order valence-corrected chi connectivity index (χ2v) is 8.14. The van der Waals surface area contributed by atoms with Crippen LogP contribution in [0.15, 0.2) is 102 Å². The Balaban J connectivity index is 1.72. The maximum absolute atomic E-state index is 13.7. The van der Waals surface area contributed by atoms with Gasteiger partial charge in [0.25, 0.3) is 5.56 Å². The average molecular weight is 425 g/mol. The molecule has 0 amide bonds. The molecule has 2 aromatic heterocycles. The summed E-state index contributed by atoms with van der Waals surface area (Å²) in [5, 5.41) is 2.16. The van der Waals surface area contributed by atoms with Gasteiger partial charge in [0.15, 0.2) is 0 Å². The Hall–Kier alpha value is -4.50. The van der Waals surface area contributed by atoms with Crippen LogP contribution in [-0.2, 0) is 0 Å². The van der Waals surface area contributed by atoms with Gasteiger partial charge in [-0.05, 0) is 46.0 Å². The van der Waals surface area contributed by atoms with Crippen LogP contribution in [0.5, 0.6) is 0 Å². The molecule has 3 nitrogen and oxygen atoms in total. The SMILES string of the molecule is C=Cc1c(-c2ccccc2)ccc2c(=O)n3c(nc4ccc(-c5ccccc5)cc43)c(=C)c12. The summed E-state index contributed by atoms with van der Waals surface area (Å²) in [5.41, 5.74) is 7.19. The zero-order valence-electron chi connectivity index (χ0n) is 18.0. The van der Waals surface area contributed by atoms with Crippen LogP contribution in [0.1, 0.15) is 5.56 Å². The maximum atomic E-state index is 13.7. The lowest BCUT2D eigenvalue weighted by molar-refractivity contribution is 1.17. The minimum absolute atomic E-state index is 0.0946. The molecule has 6 rings (SSSR count). The van der Waals surface area contributed by atoms with Gasteiger partial charge in [-0.25, -0.2) is 4.98 Å². The number of benzene rings is 4. The molecule has 0 atom stereocenters. The van der Waals surface area contributed by atoms with E-state index in [-0.39, 0.29) is 5.56 Å². The highest BCUT2D eigenvalue weighted by Crippen LogP contribution is 2.30. The first-order chi connectivity index (χ1) is 16.2. The monoisotopic (exact) mass is 424 g/mol. The summed E-state index contributed by atoms with van der Waals surface area (Å²) < 4.78 is 1.70. The van der Waals surface area contributed by atoms with Crippen LogP contribution in [-0.4, -0.2) is 9.38 Å². The van der Waals surface area contributed by atoms with Crippen molar-refractivity contribution in [3.8, 4) is 22.3 Å². The lowest BCUT2D eigenvalue weighted by Gasteiger charge is -2.11. The van der Waals surface area contributed by atoms with Crippen LogP contribution in [0.4, 0.5) is 0 Å². The van der Waals surface area contributed by atoms with E-state index < -0.39 is 0 Å². The molecular weight excluding hydrogens is 404 g/mol. The topological polar surface area (TPSA) is 34.4 Å². The van der Waals surface area contributed by atoms with E-state index in [1.54, 1.807) is 4.40 Å². The van der Waals surface area contributed by atoms with Crippen LogP contribution < -0.4 is 10.8 Å². The number of imidazole rings is 1. The number of aromatic nitrogens is 2. The number of rotatable bonds is 3. The highest BCUT2D eigenvalue weighted by Gasteiger charge is 2.17. The van der Waals surface area contributed by atoms with E-state index in [0.29, 0.717) is 11.0 Å². The third-order valence-corrected chi connectivity index (χ3v) is 6.30. The molecule has 6 aromatic rings. The molecule has 0 fully saturated rings. The van der Waals surface area contributed by atoms with Crippen molar-refractivity contribution in [1.29, 1.82) is 0 Å². The Bertz CT molecular complexity index is 1800. The summed E-state index contributed by atoms with van der Waals surface area (Å²) in [7, 11) is 0. The standard InChI is InChI=1S/C30H20N2O/c1-3-23-24(21-12-8-5-9-13-21)15-16-25-28(23)19(2)29-31-26-17-14-22(20-10-6-4-7-11-20)18-27(26)32(29)30(25)33/h3-18H,1-2H2. The molecule has 0 N–H and O–H groups in total. The zero-order valence-corrected chi connectivity index (χ0v) is 18.0. The first-order valence-corrected chi connectivity index (χ1v) is 10.8. The largest absolute Gasteiger partial charge is 0.268 e. The lowest BCUT2D eigenvalue weighted by atomic mass is 9.94. The Morgan fingerprint density at radius 3 is 2.18 bits per heavy atom. The van der Waals surface area contributed by atoms with E-state index in [1.807, 2.05) is 72.8 Å². The number of fused-ring (bicyclic) bond motifs is 4. The number of pyridine rings is 1. The van der Waals surface area contributed by atoms with Crippen molar-refractivity contribution in [3.05, 3.63) is 119 Å². The number of nitrogens with zero attached hydrogens (tertiary/aromatic N) is 2. The van der Waals surface area contributed by atoms with Crippen molar-refractivity contribution >= 4 is 40.1 Å². The van der Waals surface area contributed by atoms with Crippen LogP contribution in [0.25, 0.3) is 62.4 Å². The molecule has 0 radical (unpaired) electrons. The first kappa shape index (κ1) is 19.2. The third-order valence-electron chi connectivity index (χ3n) is 6.30. The molecular formula is C30H20N2O. The minimum atomic E-state index is -0.0946. The highest BCUT2D eigenvalue weighted by atomic mass is 16.1. The molecule has 0 aliphatic rings. The first-order valence-electron chi connectivity index (χ1n) is 10.8. The fourth-order valence-corrected chi connectivity index (χ4v) is 4.73. The van der Waals surface area contributed by atoms with Crippen LogP contribution in [0.3, 0.4) is 0 Å². The number of hydrogen-bond donors (Lipinski definition) is 0. The molecule has 2 heterocycles. The van der Waals surface area contributed by atoms with Crippen molar-refractivity contribution in [1.82, 2.24) is 9.38 Å². The van der Waals surface area contributed by atoms with E-state index >= 15 is 0 Å². The lowest BCUT2D eigenvalue weighted by Crippen LogP contribution is -2.21. The highest BCUT2D eigenvalue weighted by molar-refractivity contribution is 6.00. The molecule has 0 bridgehead atoms. The van der Waals surface area contributed by atoms with Crippen molar-refractivity contribution in [2.24, 2.45) is 0 Å². The zero-order chi connectivity index (χ0) is 22.5. The summed E-state index contributed by atoms with van der Waals surface area (Å²) in [6.07, 6.45) is 1.81. The molecule has 0 unspecified atom stereocenters. The predicted molar refractivity (Wildman–Crippen MR) is 138 cm³/mol. The van der Waals surface area contributed by atoms with Gasteiger partial charge in [0, 0.05) is 16.0 Å². The molecule has 156 valence electrons. The minimum Gasteiger partial charge on any atom is -0.268 e. The van der Waals surface area contributed by atoms with E-state index in [9.17, 15) is 4.79 Å². The van der Waals surface area contributed by atoms with Gasteiger partial charge in [-0.1, -0.05) is 92.0 Å². The predicted octanol–water partition coefficient (Wildman–Crippen LogP) is 6.11. The molecule has 3 heteroatoms. The van der Waals surface area contributed by atoms with Gasteiger partial charge in [-0.15, -0.1) is 0 Å². The summed E-state index contributed by atoms with van der Waals surface area (Å²) in [5.74, 6) is 0. The molecule has 0 saturated heterocycles. The summed E-state index contributed by atoms with van der Waals surface area (Å²) in [4.78, 5) is 18.5. The Kier molecular flexibility index (Phi) is 4.24. The fraction of sp³-hybridized carbons (Fsp3) is 0. The third kappa shape index (κ3) is 2.83. The Morgan fingerprint density at radius 1 is 0.788 bits per heavy atom. The van der Waals surface area contributed by atoms with Gasteiger partial charge in [0.05, 0.1) is 11.0 Å². The molecule has 0 saturated carbocycles. The number of hydrogen-bond acceptors (Lipinski definition) is 2. The van der Waals surface area contributed by atoms with Crippen molar-refractivity contribution in [3.63, 3.8) is 0 Å². The van der Waals surface area contributed by atoms with Crippen molar-refractivity contribution < 1.29 is 0 Å². The molecule has 0 spiro atoms. The maximum Gasteiger partial charge on any atom is 0.264 e. The fourth-order valence-electron chi connectivity index (χ4n) is 4.73. The Labute approximate surface area is 190 Å². The van der Waals surface area contributed by atoms with Crippen molar-refractivity contribution in [2.75, 3.05) is 0 Å². The summed E-state index contributed by atoms with van der Waals surface area (Å²) >= 11 is 0. The average Bonchev–Trinajstić information content (AvgIpc) is 3.27. The molecule has 0 aliphatic heterocycles. The van der Waals surface area contributed by atoms with Gasteiger partial charge < -0.3 is 0 Å². The van der Waals surface area contributed by atoms with Gasteiger partial charge in [-0.3, -0.25) is 9.20 Å². The Morgan fingerprint density at radius 2 is 1.48 bits per heavy atom. The summed E-state index contributed by atoms with van der Waals surface area (Å²) in [6, 6.07) is 30.2. The van der Waals surface area contributed by atoms with Gasteiger partial charge in [0.1, 0.15) is 5.65 Å². The molecule has 33 heavy (non-hydrogen) atoms. The second-order valence-electron chi connectivity index (χ2n) is 8.14. The quantitative estimate of drug-likeness (QED) is 0.344. The summed E-state index contributed by atoms with van der Waals surface area (Å²) in [6.45, 7) is 8.42. The second kappa shape index (κ2) is 7.28. The van der Waals surface area contributed by atoms with Gasteiger partial charge in [-0.2, -0.15) is 0 Å². The van der Waals surface area contributed by atoms with Gasteiger partial charge in [0.2, 0.25) is 0 Å². The van der Waals surface area contributed by atoms with Crippen LogP contribution in [0, 0.1) is 0 Å². The smallest absolute Gasteiger partial charge is 0.264 e.